The second-order valence-corrected chi connectivity index (χ2v) is 7.15. The van der Waals surface area contributed by atoms with Crippen LogP contribution in [0.25, 0.3) is 0 Å². The average molecular weight is 388 g/mol. The first-order chi connectivity index (χ1) is 13.0. The zero-order valence-corrected chi connectivity index (χ0v) is 15.9. The first kappa shape index (κ1) is 19.2. The van der Waals surface area contributed by atoms with Gasteiger partial charge in [0.15, 0.2) is 0 Å². The van der Waals surface area contributed by atoms with Gasteiger partial charge in [-0.05, 0) is 35.7 Å². The Kier molecular flexibility index (Phi) is 6.01. The highest BCUT2D eigenvalue weighted by Crippen LogP contribution is 2.34. The summed E-state index contributed by atoms with van der Waals surface area (Å²) >= 11 is 5.93. The molecule has 2 aromatic rings. The van der Waals surface area contributed by atoms with Crippen molar-refractivity contribution in [3.63, 3.8) is 0 Å². The van der Waals surface area contributed by atoms with Gasteiger partial charge in [-0.25, -0.2) is 0 Å². The lowest BCUT2D eigenvalue weighted by Gasteiger charge is -2.17. The number of rotatable bonds is 6. The van der Waals surface area contributed by atoms with Crippen molar-refractivity contribution in [2.24, 2.45) is 5.92 Å². The number of halogens is 1. The van der Waals surface area contributed by atoms with Crippen LogP contribution in [0.3, 0.4) is 0 Å². The number of carboxylic acids is 1. The van der Waals surface area contributed by atoms with E-state index in [2.05, 4.69) is 0 Å². The molecule has 1 heterocycles. The number of benzene rings is 2. The number of carbonyl (C=O) groups is 2. The number of ether oxygens (including phenoxy) is 1. The largest absolute Gasteiger partial charge is 0.496 e. The molecule has 0 bridgehead atoms. The molecule has 0 aromatic heterocycles. The summed E-state index contributed by atoms with van der Waals surface area (Å²) in [6.07, 6.45) is 0.878. The van der Waals surface area contributed by atoms with E-state index in [9.17, 15) is 14.7 Å². The predicted octanol–water partition coefficient (Wildman–Crippen LogP) is 3.61. The van der Waals surface area contributed by atoms with Crippen LogP contribution in [0.15, 0.2) is 48.5 Å². The van der Waals surface area contributed by atoms with Gasteiger partial charge in [-0.2, -0.15) is 0 Å². The van der Waals surface area contributed by atoms with E-state index in [1.807, 2.05) is 36.4 Å². The molecule has 5 nitrogen and oxygen atoms in total. The summed E-state index contributed by atoms with van der Waals surface area (Å²) in [6.45, 7) is 0.636. The molecule has 0 unspecified atom stereocenters. The Balaban J connectivity index is 1.68. The van der Waals surface area contributed by atoms with Crippen molar-refractivity contribution < 1.29 is 19.4 Å². The summed E-state index contributed by atoms with van der Waals surface area (Å²) in [5.41, 5.74) is 1.86. The van der Waals surface area contributed by atoms with Crippen LogP contribution in [0.1, 0.15) is 23.5 Å². The quantitative estimate of drug-likeness (QED) is 0.822. The zero-order valence-electron chi connectivity index (χ0n) is 15.1. The fraction of sp³-hybridized carbons (Fsp3) is 0.333. The number of nitrogens with zero attached hydrogens (tertiary/aromatic N) is 1. The number of carbonyl (C=O) groups excluding carboxylic acids is 1. The maximum absolute atomic E-state index is 12.7. The van der Waals surface area contributed by atoms with Crippen LogP contribution in [0.4, 0.5) is 0 Å². The summed E-state index contributed by atoms with van der Waals surface area (Å²) in [7, 11) is 1.61. The Hall–Kier alpha value is -2.53. The molecule has 0 saturated carbocycles. The normalized spacial score (nSPS) is 19.1. The van der Waals surface area contributed by atoms with Crippen LogP contribution >= 0.6 is 11.6 Å². The van der Waals surface area contributed by atoms with Gasteiger partial charge in [-0.1, -0.05) is 41.9 Å². The number of aliphatic carboxylic acids is 1. The standard InChI is InChI=1S/C21H22ClNO4/c1-27-19-5-3-2-4-15(19)8-11-20(24)23-12-17(18(13-23)21(25)26)14-6-9-16(22)10-7-14/h2-7,9-10,17-18H,8,11-13H2,1H3,(H,25,26)/t17-,18+/m0/s1. The van der Waals surface area contributed by atoms with E-state index in [0.717, 1.165) is 16.9 Å². The van der Waals surface area contributed by atoms with Gasteiger partial charge < -0.3 is 14.7 Å². The van der Waals surface area contributed by atoms with E-state index in [1.54, 1.807) is 24.1 Å². The molecule has 1 fully saturated rings. The summed E-state index contributed by atoms with van der Waals surface area (Å²) in [5.74, 6) is -0.996. The molecule has 1 aliphatic rings. The lowest BCUT2D eigenvalue weighted by molar-refractivity contribution is -0.141. The summed E-state index contributed by atoms with van der Waals surface area (Å²) in [6, 6.07) is 14.8. The summed E-state index contributed by atoms with van der Waals surface area (Å²) in [4.78, 5) is 26.1. The number of carboxylic acid groups (broad SMARTS) is 1. The molecular weight excluding hydrogens is 366 g/mol. The minimum Gasteiger partial charge on any atom is -0.496 e. The molecule has 3 rings (SSSR count). The van der Waals surface area contributed by atoms with Crippen LogP contribution in [0.2, 0.25) is 5.02 Å². The number of hydrogen-bond donors (Lipinski definition) is 1. The van der Waals surface area contributed by atoms with Gasteiger partial charge in [0.05, 0.1) is 13.0 Å². The molecule has 0 aliphatic carbocycles. The third-order valence-corrected chi connectivity index (χ3v) is 5.34. The number of methoxy groups -OCH3 is 1. The Morgan fingerprint density at radius 2 is 1.85 bits per heavy atom. The summed E-state index contributed by atoms with van der Waals surface area (Å²) in [5, 5.41) is 10.2. The van der Waals surface area contributed by atoms with Gasteiger partial charge in [0.25, 0.3) is 0 Å². The molecule has 1 amide bonds. The van der Waals surface area contributed by atoms with Crippen LogP contribution in [-0.4, -0.2) is 42.1 Å². The Morgan fingerprint density at radius 3 is 2.52 bits per heavy atom. The molecule has 1 saturated heterocycles. The molecule has 2 aromatic carbocycles. The highest BCUT2D eigenvalue weighted by atomic mass is 35.5. The van der Waals surface area contributed by atoms with Crippen molar-refractivity contribution in [2.45, 2.75) is 18.8 Å². The van der Waals surface area contributed by atoms with E-state index >= 15 is 0 Å². The monoisotopic (exact) mass is 387 g/mol. The third-order valence-electron chi connectivity index (χ3n) is 5.09. The predicted molar refractivity (Wildman–Crippen MR) is 103 cm³/mol. The van der Waals surface area contributed by atoms with Crippen molar-refractivity contribution in [1.29, 1.82) is 0 Å². The molecule has 6 heteroatoms. The van der Waals surface area contributed by atoms with E-state index in [1.165, 1.54) is 0 Å². The first-order valence-electron chi connectivity index (χ1n) is 8.87. The second kappa shape index (κ2) is 8.44. The number of para-hydroxylation sites is 1. The number of likely N-dealkylation sites (tertiary alicyclic amines) is 1. The Bertz CT molecular complexity index is 821. The third kappa shape index (κ3) is 4.42. The first-order valence-corrected chi connectivity index (χ1v) is 9.25. The minimum absolute atomic E-state index is 0.0383. The fourth-order valence-corrected chi connectivity index (χ4v) is 3.74. The van der Waals surface area contributed by atoms with E-state index in [-0.39, 0.29) is 18.4 Å². The lowest BCUT2D eigenvalue weighted by atomic mass is 9.89. The van der Waals surface area contributed by atoms with Gasteiger partial charge in [-0.3, -0.25) is 9.59 Å². The minimum atomic E-state index is -0.880. The smallest absolute Gasteiger partial charge is 0.308 e. The van der Waals surface area contributed by atoms with Crippen molar-refractivity contribution in [1.82, 2.24) is 4.90 Å². The Labute approximate surface area is 163 Å². The highest BCUT2D eigenvalue weighted by molar-refractivity contribution is 6.30. The molecular formula is C21H22ClNO4. The molecule has 142 valence electrons. The lowest BCUT2D eigenvalue weighted by Crippen LogP contribution is -2.30. The average Bonchev–Trinajstić information content (AvgIpc) is 3.12. The van der Waals surface area contributed by atoms with Gasteiger partial charge in [0.2, 0.25) is 5.91 Å². The van der Waals surface area contributed by atoms with E-state index < -0.39 is 11.9 Å². The maximum atomic E-state index is 12.7. The Morgan fingerprint density at radius 1 is 1.15 bits per heavy atom. The molecule has 1 N–H and O–H groups in total. The molecule has 2 atom stereocenters. The van der Waals surface area contributed by atoms with Crippen LogP contribution in [0, 0.1) is 5.92 Å². The second-order valence-electron chi connectivity index (χ2n) is 6.71. The maximum Gasteiger partial charge on any atom is 0.308 e. The SMILES string of the molecule is COc1ccccc1CCC(=O)N1C[C@@H](C(=O)O)[C@H](c2ccc(Cl)cc2)C1. The molecule has 0 spiro atoms. The van der Waals surface area contributed by atoms with Crippen LogP contribution in [-0.2, 0) is 16.0 Å². The van der Waals surface area contributed by atoms with Crippen molar-refractivity contribution in [3.8, 4) is 5.75 Å². The van der Waals surface area contributed by atoms with Crippen molar-refractivity contribution >= 4 is 23.5 Å². The molecule has 0 radical (unpaired) electrons. The van der Waals surface area contributed by atoms with E-state index in [4.69, 9.17) is 16.3 Å². The molecule has 27 heavy (non-hydrogen) atoms. The van der Waals surface area contributed by atoms with Gasteiger partial charge in [0.1, 0.15) is 5.75 Å². The van der Waals surface area contributed by atoms with Gasteiger partial charge >= 0.3 is 5.97 Å². The topological polar surface area (TPSA) is 66.8 Å². The summed E-state index contributed by atoms with van der Waals surface area (Å²) < 4.78 is 5.32. The highest BCUT2D eigenvalue weighted by Gasteiger charge is 2.40. The zero-order chi connectivity index (χ0) is 19.4. The van der Waals surface area contributed by atoms with Crippen LogP contribution in [0.5, 0.6) is 5.75 Å². The number of hydrogen-bond acceptors (Lipinski definition) is 3. The van der Waals surface area contributed by atoms with Gasteiger partial charge in [-0.15, -0.1) is 0 Å². The fourth-order valence-electron chi connectivity index (χ4n) is 3.61. The number of amides is 1. The van der Waals surface area contributed by atoms with Crippen molar-refractivity contribution in [2.75, 3.05) is 20.2 Å². The van der Waals surface area contributed by atoms with Crippen molar-refractivity contribution in [3.05, 3.63) is 64.7 Å². The molecule has 1 aliphatic heterocycles. The van der Waals surface area contributed by atoms with Gasteiger partial charge in [0, 0.05) is 30.5 Å². The van der Waals surface area contributed by atoms with E-state index in [0.29, 0.717) is 24.4 Å². The van der Waals surface area contributed by atoms with Crippen LogP contribution < -0.4 is 4.74 Å². The number of aryl methyl sites for hydroxylation is 1.